The molecule has 2 heteroatoms. The molecule has 0 aromatic heterocycles. The minimum Gasteiger partial charge on any atom is -0.317 e. The van der Waals surface area contributed by atoms with Crippen LogP contribution < -0.4 is 5.32 Å². The van der Waals surface area contributed by atoms with E-state index in [0.29, 0.717) is 6.04 Å². The van der Waals surface area contributed by atoms with Crippen LogP contribution in [0.5, 0.6) is 0 Å². The van der Waals surface area contributed by atoms with Crippen LogP contribution in [0.25, 0.3) is 0 Å². The molecule has 0 saturated heterocycles. The molecule has 2 unspecified atom stereocenters. The predicted octanol–water partition coefficient (Wildman–Crippen LogP) is 1.53. The van der Waals surface area contributed by atoms with Crippen molar-refractivity contribution in [3.8, 4) is 6.07 Å². The third-order valence-corrected chi connectivity index (χ3v) is 1.81. The van der Waals surface area contributed by atoms with Crippen molar-refractivity contribution < 1.29 is 0 Å². The predicted molar refractivity (Wildman–Crippen MR) is 42.5 cm³/mol. The molecule has 0 saturated carbocycles. The molecule has 0 aliphatic heterocycles. The van der Waals surface area contributed by atoms with Crippen LogP contribution in [0.15, 0.2) is 0 Å². The first-order valence-electron chi connectivity index (χ1n) is 3.81. The van der Waals surface area contributed by atoms with Crippen molar-refractivity contribution >= 4 is 0 Å². The Morgan fingerprint density at radius 2 is 2.20 bits per heavy atom. The van der Waals surface area contributed by atoms with Gasteiger partial charge in [0.2, 0.25) is 0 Å². The van der Waals surface area contributed by atoms with E-state index >= 15 is 0 Å². The quantitative estimate of drug-likeness (QED) is 0.643. The zero-order valence-electron chi connectivity index (χ0n) is 7.02. The summed E-state index contributed by atoms with van der Waals surface area (Å²) in [5.41, 5.74) is 0. The molecule has 10 heavy (non-hydrogen) atoms. The molecule has 2 atom stereocenters. The van der Waals surface area contributed by atoms with Crippen molar-refractivity contribution in [1.29, 1.82) is 5.26 Å². The van der Waals surface area contributed by atoms with Gasteiger partial charge in [0.1, 0.15) is 0 Å². The first-order chi connectivity index (χ1) is 4.74. The summed E-state index contributed by atoms with van der Waals surface area (Å²) in [7, 11) is 1.93. The van der Waals surface area contributed by atoms with E-state index in [4.69, 9.17) is 5.26 Å². The second-order valence-corrected chi connectivity index (χ2v) is 2.66. The van der Waals surface area contributed by atoms with Gasteiger partial charge in [0.05, 0.1) is 6.07 Å². The van der Waals surface area contributed by atoms with Gasteiger partial charge in [-0.15, -0.1) is 0 Å². The molecule has 0 aromatic carbocycles. The lowest BCUT2D eigenvalue weighted by Gasteiger charge is -2.12. The average molecular weight is 140 g/mol. The molecular formula is C8H16N2. The minimum atomic E-state index is 0.224. The summed E-state index contributed by atoms with van der Waals surface area (Å²) in [5, 5.41) is 11.7. The zero-order valence-corrected chi connectivity index (χ0v) is 7.02. The Hall–Kier alpha value is -0.550. The normalized spacial score (nSPS) is 15.8. The van der Waals surface area contributed by atoms with Gasteiger partial charge >= 0.3 is 0 Å². The SMILES string of the molecule is CCC(C#N)CC(C)NC. The van der Waals surface area contributed by atoms with Gasteiger partial charge in [0.25, 0.3) is 0 Å². The van der Waals surface area contributed by atoms with E-state index in [1.807, 2.05) is 7.05 Å². The molecule has 2 nitrogen and oxygen atoms in total. The zero-order chi connectivity index (χ0) is 7.98. The van der Waals surface area contributed by atoms with Crippen molar-refractivity contribution in [3.63, 3.8) is 0 Å². The van der Waals surface area contributed by atoms with Gasteiger partial charge < -0.3 is 5.32 Å². The Kier molecular flexibility index (Phi) is 4.96. The van der Waals surface area contributed by atoms with E-state index in [-0.39, 0.29) is 5.92 Å². The first kappa shape index (κ1) is 9.45. The fraction of sp³-hybridized carbons (Fsp3) is 0.875. The molecule has 58 valence electrons. The van der Waals surface area contributed by atoms with Gasteiger partial charge in [-0.25, -0.2) is 0 Å². The standard InChI is InChI=1S/C8H16N2/c1-4-8(6-9)5-7(2)10-3/h7-8,10H,4-5H2,1-3H3. The first-order valence-corrected chi connectivity index (χ1v) is 3.81. The fourth-order valence-electron chi connectivity index (χ4n) is 0.855. The van der Waals surface area contributed by atoms with Crippen LogP contribution in [0.2, 0.25) is 0 Å². The Morgan fingerprint density at radius 1 is 1.60 bits per heavy atom. The summed E-state index contributed by atoms with van der Waals surface area (Å²) in [5.74, 6) is 0.224. The molecule has 0 heterocycles. The van der Waals surface area contributed by atoms with Gasteiger partial charge in [-0.3, -0.25) is 0 Å². The minimum absolute atomic E-state index is 0.224. The Morgan fingerprint density at radius 3 is 2.50 bits per heavy atom. The third kappa shape index (κ3) is 3.47. The lowest BCUT2D eigenvalue weighted by Crippen LogP contribution is -2.23. The summed E-state index contributed by atoms with van der Waals surface area (Å²) in [6.45, 7) is 4.15. The highest BCUT2D eigenvalue weighted by molar-refractivity contribution is 4.83. The molecule has 0 amide bonds. The van der Waals surface area contributed by atoms with Crippen LogP contribution in [0.3, 0.4) is 0 Å². The highest BCUT2D eigenvalue weighted by Gasteiger charge is 2.07. The van der Waals surface area contributed by atoms with Crippen molar-refractivity contribution in [2.75, 3.05) is 7.05 Å². The van der Waals surface area contributed by atoms with E-state index in [2.05, 4.69) is 25.2 Å². The summed E-state index contributed by atoms with van der Waals surface area (Å²) in [4.78, 5) is 0. The third-order valence-electron chi connectivity index (χ3n) is 1.81. The number of rotatable bonds is 4. The Labute approximate surface area is 63.2 Å². The summed E-state index contributed by atoms with van der Waals surface area (Å²) >= 11 is 0. The van der Waals surface area contributed by atoms with Crippen LogP contribution in [0, 0.1) is 17.2 Å². The van der Waals surface area contributed by atoms with E-state index in [0.717, 1.165) is 12.8 Å². The van der Waals surface area contributed by atoms with Crippen LogP contribution in [-0.4, -0.2) is 13.1 Å². The highest BCUT2D eigenvalue weighted by atomic mass is 14.8. The second-order valence-electron chi connectivity index (χ2n) is 2.66. The van der Waals surface area contributed by atoms with Gasteiger partial charge in [-0.2, -0.15) is 5.26 Å². The smallest absolute Gasteiger partial charge is 0.0656 e. The molecule has 1 N–H and O–H groups in total. The fourth-order valence-corrected chi connectivity index (χ4v) is 0.855. The highest BCUT2D eigenvalue weighted by Crippen LogP contribution is 2.08. The van der Waals surface area contributed by atoms with Crippen LogP contribution in [0.1, 0.15) is 26.7 Å². The molecule has 0 rings (SSSR count). The molecule has 0 radical (unpaired) electrons. The van der Waals surface area contributed by atoms with E-state index in [1.165, 1.54) is 0 Å². The number of nitrogens with zero attached hydrogens (tertiary/aromatic N) is 1. The second kappa shape index (κ2) is 5.25. The lowest BCUT2D eigenvalue weighted by molar-refractivity contribution is 0.473. The molecule has 0 aliphatic rings. The number of nitriles is 1. The maximum Gasteiger partial charge on any atom is 0.0656 e. The molecule has 0 fully saturated rings. The molecule has 0 aromatic rings. The lowest BCUT2D eigenvalue weighted by atomic mass is 10.00. The van der Waals surface area contributed by atoms with Crippen LogP contribution in [-0.2, 0) is 0 Å². The van der Waals surface area contributed by atoms with Gasteiger partial charge in [-0.1, -0.05) is 6.92 Å². The van der Waals surface area contributed by atoms with Crippen molar-refractivity contribution in [1.82, 2.24) is 5.32 Å². The summed E-state index contributed by atoms with van der Waals surface area (Å²) in [6, 6.07) is 2.74. The molecule has 0 aliphatic carbocycles. The maximum absolute atomic E-state index is 8.59. The van der Waals surface area contributed by atoms with Gasteiger partial charge in [0.15, 0.2) is 0 Å². The maximum atomic E-state index is 8.59. The largest absolute Gasteiger partial charge is 0.317 e. The number of hydrogen-bond acceptors (Lipinski definition) is 2. The van der Waals surface area contributed by atoms with Crippen LogP contribution in [0.4, 0.5) is 0 Å². The summed E-state index contributed by atoms with van der Waals surface area (Å²) < 4.78 is 0. The van der Waals surface area contributed by atoms with Crippen molar-refractivity contribution in [2.24, 2.45) is 5.92 Å². The van der Waals surface area contributed by atoms with Gasteiger partial charge in [-0.05, 0) is 26.8 Å². The molecular weight excluding hydrogens is 124 g/mol. The van der Waals surface area contributed by atoms with Crippen molar-refractivity contribution in [3.05, 3.63) is 0 Å². The van der Waals surface area contributed by atoms with Gasteiger partial charge in [0, 0.05) is 12.0 Å². The van der Waals surface area contributed by atoms with Crippen molar-refractivity contribution in [2.45, 2.75) is 32.7 Å². The van der Waals surface area contributed by atoms with E-state index < -0.39 is 0 Å². The van der Waals surface area contributed by atoms with Crippen LogP contribution >= 0.6 is 0 Å². The number of hydrogen-bond donors (Lipinski definition) is 1. The van der Waals surface area contributed by atoms with E-state index in [1.54, 1.807) is 0 Å². The topological polar surface area (TPSA) is 35.8 Å². The number of nitrogens with one attached hydrogen (secondary N) is 1. The average Bonchev–Trinajstić information content (AvgIpc) is 1.99. The summed E-state index contributed by atoms with van der Waals surface area (Å²) in [6.07, 6.45) is 1.92. The molecule has 0 spiro atoms. The van der Waals surface area contributed by atoms with E-state index in [9.17, 15) is 0 Å². The monoisotopic (exact) mass is 140 g/mol. The Balaban J connectivity index is 3.54. The molecule has 0 bridgehead atoms. The Bertz CT molecular complexity index is 115.